The number of carbonyl (C=O) groups is 2. The van der Waals surface area contributed by atoms with Gasteiger partial charge in [0.25, 0.3) is 5.91 Å². The predicted octanol–water partition coefficient (Wildman–Crippen LogP) is 7.43. The predicted molar refractivity (Wildman–Crippen MR) is 160 cm³/mol. The van der Waals surface area contributed by atoms with E-state index in [0.717, 1.165) is 22.4 Å². The summed E-state index contributed by atoms with van der Waals surface area (Å²) in [7, 11) is 3.91. The van der Waals surface area contributed by atoms with Crippen LogP contribution in [-0.2, 0) is 11.3 Å². The molecule has 0 aliphatic carbocycles. The Balaban J connectivity index is 1.71. The molecule has 0 radical (unpaired) electrons. The second-order valence-electron chi connectivity index (χ2n) is 10.1. The number of carbonyl (C=O) groups excluding carboxylic acids is 2. The molecule has 0 saturated carbocycles. The zero-order valence-corrected chi connectivity index (χ0v) is 23.5. The lowest BCUT2D eigenvalue weighted by molar-refractivity contribution is -0.135. The second kappa shape index (κ2) is 13.1. The van der Waals surface area contributed by atoms with E-state index in [9.17, 15) is 14.0 Å². The standard InChI is InChI=1S/C34H36FN3O2/c1-5-31(26-15-10-7-11-16-26)34(40)38(24(2)25-13-8-6-9-14-25)23-28-22-30(19-20-32(28)37(3)4)36-33(39)27-17-12-18-29(35)21-27/h6-22,24,31H,5,23H2,1-4H3,(H,36,39). The Bertz CT molecular complexity index is 1440. The zero-order chi connectivity index (χ0) is 28.6. The molecule has 2 unspecified atom stereocenters. The molecular weight excluding hydrogens is 501 g/mol. The van der Waals surface area contributed by atoms with Gasteiger partial charge in [0.1, 0.15) is 5.82 Å². The third-order valence-corrected chi connectivity index (χ3v) is 7.19. The molecule has 0 fully saturated rings. The molecule has 40 heavy (non-hydrogen) atoms. The van der Waals surface area contributed by atoms with Crippen LogP contribution in [0.1, 0.15) is 59.3 Å². The molecule has 0 bridgehead atoms. The van der Waals surface area contributed by atoms with Gasteiger partial charge in [-0.05, 0) is 66.4 Å². The molecule has 206 valence electrons. The monoisotopic (exact) mass is 537 g/mol. The quantitative estimate of drug-likeness (QED) is 0.229. The normalized spacial score (nSPS) is 12.3. The number of hydrogen-bond donors (Lipinski definition) is 1. The van der Waals surface area contributed by atoms with Gasteiger partial charge < -0.3 is 15.1 Å². The highest BCUT2D eigenvalue weighted by Crippen LogP contribution is 2.32. The van der Waals surface area contributed by atoms with Crippen molar-refractivity contribution in [3.05, 3.63) is 131 Å². The molecule has 4 aromatic rings. The first-order valence-corrected chi connectivity index (χ1v) is 13.6. The molecule has 2 atom stereocenters. The highest BCUT2D eigenvalue weighted by Gasteiger charge is 2.29. The number of anilines is 2. The van der Waals surface area contributed by atoms with E-state index in [-0.39, 0.29) is 23.4 Å². The van der Waals surface area contributed by atoms with E-state index in [1.54, 1.807) is 6.07 Å². The van der Waals surface area contributed by atoms with Gasteiger partial charge in [-0.3, -0.25) is 9.59 Å². The Morgan fingerprint density at radius 2 is 1.48 bits per heavy atom. The molecule has 0 aliphatic heterocycles. The van der Waals surface area contributed by atoms with Gasteiger partial charge >= 0.3 is 0 Å². The number of amides is 2. The Labute approximate surface area is 236 Å². The van der Waals surface area contributed by atoms with E-state index in [2.05, 4.69) is 12.2 Å². The average Bonchev–Trinajstić information content (AvgIpc) is 2.97. The number of nitrogens with zero attached hydrogens (tertiary/aromatic N) is 2. The summed E-state index contributed by atoms with van der Waals surface area (Å²) in [5.74, 6) is -1.11. The number of halogens is 1. The van der Waals surface area contributed by atoms with Crippen molar-refractivity contribution in [2.24, 2.45) is 0 Å². The van der Waals surface area contributed by atoms with E-state index in [1.807, 2.05) is 110 Å². The van der Waals surface area contributed by atoms with Gasteiger partial charge in [-0.1, -0.05) is 73.7 Å². The minimum absolute atomic E-state index is 0.0453. The first kappa shape index (κ1) is 28.6. The Kier molecular flexibility index (Phi) is 9.33. The smallest absolute Gasteiger partial charge is 0.255 e. The summed E-state index contributed by atoms with van der Waals surface area (Å²) in [6.07, 6.45) is 0.672. The third-order valence-electron chi connectivity index (χ3n) is 7.19. The highest BCUT2D eigenvalue weighted by molar-refractivity contribution is 6.04. The fraction of sp³-hybridized carbons (Fsp3) is 0.235. The van der Waals surface area contributed by atoms with Crippen LogP contribution in [0.3, 0.4) is 0 Å². The summed E-state index contributed by atoms with van der Waals surface area (Å²) in [5, 5.41) is 2.89. The summed E-state index contributed by atoms with van der Waals surface area (Å²) in [5.41, 5.74) is 4.67. The largest absolute Gasteiger partial charge is 0.377 e. The lowest BCUT2D eigenvalue weighted by Gasteiger charge is -2.34. The van der Waals surface area contributed by atoms with E-state index in [0.29, 0.717) is 18.7 Å². The van der Waals surface area contributed by atoms with Crippen LogP contribution in [0.25, 0.3) is 0 Å². The van der Waals surface area contributed by atoms with E-state index >= 15 is 0 Å². The van der Waals surface area contributed by atoms with Gasteiger partial charge in [-0.2, -0.15) is 0 Å². The van der Waals surface area contributed by atoms with Crippen molar-refractivity contribution >= 4 is 23.2 Å². The van der Waals surface area contributed by atoms with Crippen molar-refractivity contribution in [3.63, 3.8) is 0 Å². The van der Waals surface area contributed by atoms with Gasteiger partial charge in [-0.15, -0.1) is 0 Å². The summed E-state index contributed by atoms with van der Waals surface area (Å²) < 4.78 is 13.7. The summed E-state index contributed by atoms with van der Waals surface area (Å²) in [6.45, 7) is 4.43. The van der Waals surface area contributed by atoms with Crippen LogP contribution in [0, 0.1) is 5.82 Å². The van der Waals surface area contributed by atoms with Crippen LogP contribution < -0.4 is 10.2 Å². The first-order chi connectivity index (χ1) is 19.3. The van der Waals surface area contributed by atoms with E-state index < -0.39 is 11.7 Å². The van der Waals surface area contributed by atoms with Crippen LogP contribution in [0.15, 0.2) is 103 Å². The molecule has 0 aromatic heterocycles. The number of benzene rings is 4. The minimum Gasteiger partial charge on any atom is -0.377 e. The van der Waals surface area contributed by atoms with Gasteiger partial charge in [0.15, 0.2) is 0 Å². The van der Waals surface area contributed by atoms with Crippen LogP contribution in [0.4, 0.5) is 15.8 Å². The maximum Gasteiger partial charge on any atom is 0.255 e. The lowest BCUT2D eigenvalue weighted by Crippen LogP contribution is -2.37. The Morgan fingerprint density at radius 1 is 0.825 bits per heavy atom. The van der Waals surface area contributed by atoms with Crippen molar-refractivity contribution in [3.8, 4) is 0 Å². The Hall–Kier alpha value is -4.45. The number of rotatable bonds is 10. The molecule has 0 spiro atoms. The lowest BCUT2D eigenvalue weighted by atomic mass is 9.93. The van der Waals surface area contributed by atoms with E-state index in [4.69, 9.17) is 0 Å². The summed E-state index contributed by atoms with van der Waals surface area (Å²) >= 11 is 0. The molecule has 0 saturated heterocycles. The summed E-state index contributed by atoms with van der Waals surface area (Å²) in [4.78, 5) is 31.0. The van der Waals surface area contributed by atoms with Crippen molar-refractivity contribution in [2.75, 3.05) is 24.3 Å². The molecule has 2 amide bonds. The minimum atomic E-state index is -0.468. The molecule has 5 nitrogen and oxygen atoms in total. The molecule has 4 rings (SSSR count). The fourth-order valence-electron chi connectivity index (χ4n) is 5.00. The molecule has 0 aliphatic rings. The van der Waals surface area contributed by atoms with E-state index in [1.165, 1.54) is 18.2 Å². The van der Waals surface area contributed by atoms with Gasteiger partial charge in [0.2, 0.25) is 5.91 Å². The molecule has 0 heterocycles. The van der Waals surface area contributed by atoms with Gasteiger partial charge in [0.05, 0.1) is 12.0 Å². The number of hydrogen-bond acceptors (Lipinski definition) is 3. The maximum atomic E-state index is 14.3. The third kappa shape index (κ3) is 6.75. The number of nitrogens with one attached hydrogen (secondary N) is 1. The SMILES string of the molecule is CCC(C(=O)N(Cc1cc(NC(=O)c2cccc(F)c2)ccc1N(C)C)C(C)c1ccccc1)c1ccccc1. The van der Waals surface area contributed by atoms with Crippen LogP contribution in [0.2, 0.25) is 0 Å². The highest BCUT2D eigenvalue weighted by atomic mass is 19.1. The molecule has 1 N–H and O–H groups in total. The molecule has 6 heteroatoms. The average molecular weight is 538 g/mol. The second-order valence-corrected chi connectivity index (χ2v) is 10.1. The van der Waals surface area contributed by atoms with Crippen molar-refractivity contribution in [1.29, 1.82) is 0 Å². The molecular formula is C34H36FN3O2. The van der Waals surface area contributed by atoms with Crippen LogP contribution in [-0.4, -0.2) is 30.8 Å². The zero-order valence-electron chi connectivity index (χ0n) is 23.5. The van der Waals surface area contributed by atoms with Crippen LogP contribution in [0.5, 0.6) is 0 Å². The van der Waals surface area contributed by atoms with Gasteiger partial charge in [-0.25, -0.2) is 4.39 Å². The first-order valence-electron chi connectivity index (χ1n) is 13.6. The topological polar surface area (TPSA) is 52.7 Å². The van der Waals surface area contributed by atoms with Gasteiger partial charge in [0, 0.05) is 37.6 Å². The van der Waals surface area contributed by atoms with Crippen molar-refractivity contribution in [1.82, 2.24) is 4.90 Å². The Morgan fingerprint density at radius 3 is 2.08 bits per heavy atom. The fourth-order valence-corrected chi connectivity index (χ4v) is 5.00. The summed E-state index contributed by atoms with van der Waals surface area (Å²) in [6, 6.07) is 31.0. The van der Waals surface area contributed by atoms with Crippen molar-refractivity contribution < 1.29 is 14.0 Å². The maximum absolute atomic E-state index is 14.3. The molecule has 4 aromatic carbocycles. The van der Waals surface area contributed by atoms with Crippen molar-refractivity contribution in [2.45, 2.75) is 38.8 Å². The van der Waals surface area contributed by atoms with Crippen LogP contribution >= 0.6 is 0 Å².